The van der Waals surface area contributed by atoms with Gasteiger partial charge in [-0.1, -0.05) is 22.0 Å². The lowest BCUT2D eigenvalue weighted by Crippen LogP contribution is -2.36. The molecule has 3 aliphatic rings. The second-order valence-corrected chi connectivity index (χ2v) is 11.0. The maximum atomic E-state index is 13.7. The quantitative estimate of drug-likeness (QED) is 0.466. The molecule has 1 aromatic carbocycles. The van der Waals surface area contributed by atoms with Crippen LogP contribution in [0.2, 0.25) is 0 Å². The maximum absolute atomic E-state index is 13.7. The number of methoxy groups -OCH3 is 1. The normalized spacial score (nSPS) is 24.3. The smallest absolute Gasteiger partial charge is 0.336 e. The molecule has 0 amide bonds. The first-order chi connectivity index (χ1) is 17.0. The van der Waals surface area contributed by atoms with Crippen LogP contribution in [0.4, 0.5) is 0 Å². The summed E-state index contributed by atoms with van der Waals surface area (Å²) in [5, 5.41) is 5.45. The SMILES string of the molecule is COc1ccc(Br)cc1[C@H]1C(C(=O)OC[C@@H]2CCCO2)=C(C)NC2=C1C(=O)C[C@H](c1cccs1)C2. The number of ketones is 1. The van der Waals surface area contributed by atoms with Crippen LogP contribution in [0.25, 0.3) is 0 Å². The van der Waals surface area contributed by atoms with Crippen molar-refractivity contribution in [2.24, 2.45) is 0 Å². The van der Waals surface area contributed by atoms with Crippen molar-refractivity contribution < 1.29 is 23.8 Å². The van der Waals surface area contributed by atoms with Gasteiger partial charge < -0.3 is 19.5 Å². The number of carbonyl (C=O) groups excluding carboxylic acids is 2. The van der Waals surface area contributed by atoms with Crippen LogP contribution in [0, 0.1) is 0 Å². The molecule has 2 aromatic rings. The third-order valence-electron chi connectivity index (χ3n) is 6.92. The van der Waals surface area contributed by atoms with Gasteiger partial charge in [0.25, 0.3) is 0 Å². The molecule has 1 N–H and O–H groups in total. The zero-order valence-corrected chi connectivity index (χ0v) is 22.2. The number of ether oxygens (including phenoxy) is 3. The molecule has 0 spiro atoms. The van der Waals surface area contributed by atoms with Gasteiger partial charge in [-0.2, -0.15) is 0 Å². The van der Waals surface area contributed by atoms with E-state index >= 15 is 0 Å². The fourth-order valence-electron chi connectivity index (χ4n) is 5.30. The Bertz CT molecular complexity index is 1200. The Hall–Kier alpha value is -2.42. The molecular formula is C27H28BrNO5S. The molecule has 5 rings (SSSR count). The van der Waals surface area contributed by atoms with E-state index in [0.29, 0.717) is 42.0 Å². The Balaban J connectivity index is 1.56. The molecule has 3 atom stereocenters. The van der Waals surface area contributed by atoms with Crippen molar-refractivity contribution in [2.45, 2.75) is 50.5 Å². The zero-order valence-electron chi connectivity index (χ0n) is 19.8. The topological polar surface area (TPSA) is 73.9 Å². The molecule has 1 aromatic heterocycles. The van der Waals surface area contributed by atoms with Crippen LogP contribution >= 0.6 is 27.3 Å². The molecule has 0 bridgehead atoms. The van der Waals surface area contributed by atoms with Crippen LogP contribution in [0.1, 0.15) is 54.9 Å². The Morgan fingerprint density at radius 1 is 1.29 bits per heavy atom. The van der Waals surface area contributed by atoms with Crippen LogP contribution in [-0.2, 0) is 19.1 Å². The van der Waals surface area contributed by atoms with Crippen molar-refractivity contribution in [2.75, 3.05) is 20.3 Å². The zero-order chi connectivity index (χ0) is 24.5. The number of hydrogen-bond acceptors (Lipinski definition) is 7. The number of esters is 1. The van der Waals surface area contributed by atoms with Crippen molar-refractivity contribution in [1.29, 1.82) is 0 Å². The van der Waals surface area contributed by atoms with E-state index in [1.807, 2.05) is 36.6 Å². The maximum Gasteiger partial charge on any atom is 0.336 e. The van der Waals surface area contributed by atoms with Crippen LogP contribution in [0.5, 0.6) is 5.75 Å². The first kappa shape index (κ1) is 24.3. The van der Waals surface area contributed by atoms with Gasteiger partial charge in [0.15, 0.2) is 5.78 Å². The molecule has 0 unspecified atom stereocenters. The number of nitrogens with one attached hydrogen (secondary N) is 1. The van der Waals surface area contributed by atoms with E-state index in [1.165, 1.54) is 4.88 Å². The second kappa shape index (κ2) is 10.3. The third-order valence-corrected chi connectivity index (χ3v) is 8.45. The van der Waals surface area contributed by atoms with E-state index in [-0.39, 0.29) is 24.4 Å². The van der Waals surface area contributed by atoms with Crippen molar-refractivity contribution in [1.82, 2.24) is 5.32 Å². The van der Waals surface area contributed by atoms with E-state index in [9.17, 15) is 9.59 Å². The number of Topliss-reactive ketones (excluding diaryl/α,β-unsaturated/α-hetero) is 1. The van der Waals surface area contributed by atoms with E-state index < -0.39 is 11.9 Å². The number of rotatable bonds is 6. The molecule has 1 aliphatic carbocycles. The van der Waals surface area contributed by atoms with Gasteiger partial charge in [0, 0.05) is 50.8 Å². The van der Waals surface area contributed by atoms with E-state index in [1.54, 1.807) is 18.4 Å². The van der Waals surface area contributed by atoms with Crippen LogP contribution in [0.15, 0.2) is 62.7 Å². The van der Waals surface area contributed by atoms with Gasteiger partial charge in [-0.3, -0.25) is 4.79 Å². The lowest BCUT2D eigenvalue weighted by molar-refractivity contribution is -0.142. The van der Waals surface area contributed by atoms with Crippen molar-refractivity contribution in [3.8, 4) is 5.75 Å². The average molecular weight is 558 g/mol. The lowest BCUT2D eigenvalue weighted by atomic mass is 9.72. The number of thiophene rings is 1. The molecule has 0 saturated carbocycles. The highest BCUT2D eigenvalue weighted by molar-refractivity contribution is 9.10. The van der Waals surface area contributed by atoms with Crippen molar-refractivity contribution >= 4 is 39.0 Å². The summed E-state index contributed by atoms with van der Waals surface area (Å²) in [6.07, 6.45) is 2.90. The van der Waals surface area contributed by atoms with Crippen molar-refractivity contribution in [3.05, 3.63) is 73.2 Å². The predicted molar refractivity (Wildman–Crippen MR) is 138 cm³/mol. The summed E-state index contributed by atoms with van der Waals surface area (Å²) in [6, 6.07) is 9.78. The fraction of sp³-hybridized carbons (Fsp3) is 0.407. The number of allylic oxidation sites excluding steroid dienone is 3. The Morgan fingerprint density at radius 3 is 2.86 bits per heavy atom. The van der Waals surface area contributed by atoms with E-state index in [4.69, 9.17) is 14.2 Å². The molecule has 35 heavy (non-hydrogen) atoms. The molecule has 6 nitrogen and oxygen atoms in total. The highest BCUT2D eigenvalue weighted by Crippen LogP contribution is 2.48. The van der Waals surface area contributed by atoms with Gasteiger partial charge in [0.05, 0.1) is 24.7 Å². The number of benzene rings is 1. The van der Waals surface area contributed by atoms with Gasteiger partial charge in [0.1, 0.15) is 12.4 Å². The lowest BCUT2D eigenvalue weighted by Gasteiger charge is -2.37. The number of carbonyl (C=O) groups is 2. The monoisotopic (exact) mass is 557 g/mol. The molecular weight excluding hydrogens is 530 g/mol. The number of dihydropyridines is 1. The highest BCUT2D eigenvalue weighted by Gasteiger charge is 2.42. The minimum atomic E-state index is -0.576. The van der Waals surface area contributed by atoms with Gasteiger partial charge in [-0.25, -0.2) is 4.79 Å². The van der Waals surface area contributed by atoms with Gasteiger partial charge in [-0.05, 0) is 55.8 Å². The molecule has 0 radical (unpaired) electrons. The molecule has 8 heteroatoms. The summed E-state index contributed by atoms with van der Waals surface area (Å²) >= 11 is 5.23. The molecule has 184 valence electrons. The minimum Gasteiger partial charge on any atom is -0.496 e. The van der Waals surface area contributed by atoms with E-state index in [0.717, 1.165) is 28.6 Å². The summed E-state index contributed by atoms with van der Waals surface area (Å²) in [5.74, 6) is -0.220. The molecule has 3 heterocycles. The Kier molecular flexibility index (Phi) is 7.14. The van der Waals surface area contributed by atoms with Gasteiger partial charge in [-0.15, -0.1) is 11.3 Å². The van der Waals surface area contributed by atoms with Gasteiger partial charge in [0.2, 0.25) is 0 Å². The second-order valence-electron chi connectivity index (χ2n) is 9.15. The summed E-state index contributed by atoms with van der Waals surface area (Å²) < 4.78 is 17.9. The third kappa shape index (κ3) is 4.84. The molecule has 1 fully saturated rings. The highest BCUT2D eigenvalue weighted by atomic mass is 79.9. The standard InChI is InChI=1S/C27H28BrNO5S/c1-15-24(27(31)34-14-18-5-3-9-33-18)25(19-13-17(28)7-8-22(19)32-2)26-20(29-15)11-16(12-21(26)30)23-6-4-10-35-23/h4,6-8,10,13,16,18,25,29H,3,5,9,11-12,14H2,1-2H3/t16-,18+,25+/m1/s1. The summed E-state index contributed by atoms with van der Waals surface area (Å²) in [6.45, 7) is 2.78. The average Bonchev–Trinajstić information content (AvgIpc) is 3.56. The number of halogens is 1. The minimum absolute atomic E-state index is 0.0427. The molecule has 2 aliphatic heterocycles. The van der Waals surface area contributed by atoms with E-state index in [2.05, 4.69) is 27.3 Å². The fourth-order valence-corrected chi connectivity index (χ4v) is 6.51. The largest absolute Gasteiger partial charge is 0.496 e. The van der Waals surface area contributed by atoms with Gasteiger partial charge >= 0.3 is 5.97 Å². The van der Waals surface area contributed by atoms with Crippen LogP contribution < -0.4 is 10.1 Å². The first-order valence-corrected chi connectivity index (χ1v) is 13.5. The number of hydrogen-bond donors (Lipinski definition) is 1. The van der Waals surface area contributed by atoms with Crippen molar-refractivity contribution in [3.63, 3.8) is 0 Å². The predicted octanol–water partition coefficient (Wildman–Crippen LogP) is 5.60. The summed E-state index contributed by atoms with van der Waals surface area (Å²) in [5.41, 5.74) is 3.42. The summed E-state index contributed by atoms with van der Waals surface area (Å²) in [4.78, 5) is 28.4. The molecule has 1 saturated heterocycles. The Labute approximate surface area is 217 Å². The van der Waals surface area contributed by atoms with Crippen LogP contribution in [-0.4, -0.2) is 38.2 Å². The first-order valence-electron chi connectivity index (χ1n) is 11.9. The Morgan fingerprint density at radius 2 is 2.14 bits per heavy atom. The summed E-state index contributed by atoms with van der Waals surface area (Å²) in [7, 11) is 1.60. The van der Waals surface area contributed by atoms with Crippen LogP contribution in [0.3, 0.4) is 0 Å².